The Bertz CT molecular complexity index is 1300. The summed E-state index contributed by atoms with van der Waals surface area (Å²) < 4.78 is 1.66. The van der Waals surface area contributed by atoms with Gasteiger partial charge in [0.1, 0.15) is 0 Å². The second kappa shape index (κ2) is 8.53. The molecule has 1 heterocycles. The molecule has 0 spiro atoms. The summed E-state index contributed by atoms with van der Waals surface area (Å²) in [7, 11) is 0. The van der Waals surface area contributed by atoms with Crippen LogP contribution in [-0.4, -0.2) is 20.7 Å². The van der Waals surface area contributed by atoms with Gasteiger partial charge >= 0.3 is 0 Å². The molecule has 0 radical (unpaired) electrons. The summed E-state index contributed by atoms with van der Waals surface area (Å²) in [6, 6.07) is 18.8. The van der Waals surface area contributed by atoms with Gasteiger partial charge in [0.05, 0.1) is 5.69 Å². The highest BCUT2D eigenvalue weighted by atomic mass is 35.5. The van der Waals surface area contributed by atoms with Crippen LogP contribution in [0.5, 0.6) is 0 Å². The van der Waals surface area contributed by atoms with Crippen molar-refractivity contribution in [1.82, 2.24) is 14.8 Å². The number of aryl methyl sites for hydroxylation is 3. The zero-order chi connectivity index (χ0) is 22.1. The number of anilines is 1. The molecule has 0 fully saturated rings. The van der Waals surface area contributed by atoms with Crippen molar-refractivity contribution in [2.45, 2.75) is 20.8 Å². The first kappa shape index (κ1) is 21.1. The van der Waals surface area contributed by atoms with E-state index in [1.165, 1.54) is 0 Å². The number of nitrogens with zero attached hydrogens (tertiary/aromatic N) is 3. The standard InChI is InChI=1S/C24H20Cl2N4O/c1-14-5-4-6-17(11-14)23-28-22(24(31)27-20-12-18(25)9-7-15(20)2)29-30(23)21-13-19(26)10-8-16(21)3/h4-13H,1-3H3,(H,27,31). The van der Waals surface area contributed by atoms with E-state index in [1.54, 1.807) is 16.8 Å². The largest absolute Gasteiger partial charge is 0.319 e. The van der Waals surface area contributed by atoms with E-state index in [0.29, 0.717) is 21.6 Å². The predicted octanol–water partition coefficient (Wildman–Crippen LogP) is 6.42. The molecule has 1 amide bonds. The highest BCUT2D eigenvalue weighted by molar-refractivity contribution is 6.31. The summed E-state index contributed by atoms with van der Waals surface area (Å²) in [6.45, 7) is 5.86. The Kier molecular flexibility index (Phi) is 5.81. The Balaban J connectivity index is 1.82. The first-order valence-corrected chi connectivity index (χ1v) is 10.5. The minimum Gasteiger partial charge on any atom is -0.319 e. The Morgan fingerprint density at radius 1 is 0.903 bits per heavy atom. The van der Waals surface area contributed by atoms with Crippen LogP contribution >= 0.6 is 23.2 Å². The molecule has 31 heavy (non-hydrogen) atoms. The smallest absolute Gasteiger partial charge is 0.295 e. The maximum Gasteiger partial charge on any atom is 0.295 e. The maximum absolute atomic E-state index is 13.0. The van der Waals surface area contributed by atoms with E-state index in [1.807, 2.05) is 69.3 Å². The van der Waals surface area contributed by atoms with Gasteiger partial charge in [0.25, 0.3) is 5.91 Å². The van der Waals surface area contributed by atoms with Gasteiger partial charge < -0.3 is 5.32 Å². The number of hydrogen-bond donors (Lipinski definition) is 1. The Hall–Kier alpha value is -3.15. The summed E-state index contributed by atoms with van der Waals surface area (Å²) in [5.41, 5.74) is 5.15. The lowest BCUT2D eigenvalue weighted by molar-refractivity contribution is 0.101. The molecule has 0 unspecified atom stereocenters. The van der Waals surface area contributed by atoms with Crippen LogP contribution in [0.3, 0.4) is 0 Å². The van der Waals surface area contributed by atoms with E-state index in [0.717, 1.165) is 27.9 Å². The lowest BCUT2D eigenvalue weighted by Crippen LogP contribution is -2.15. The average molecular weight is 451 g/mol. The topological polar surface area (TPSA) is 59.8 Å². The van der Waals surface area contributed by atoms with Crippen molar-refractivity contribution in [1.29, 1.82) is 0 Å². The normalized spacial score (nSPS) is 10.9. The maximum atomic E-state index is 13.0. The molecule has 0 aliphatic carbocycles. The highest BCUT2D eigenvalue weighted by Crippen LogP contribution is 2.27. The Morgan fingerprint density at radius 2 is 1.61 bits per heavy atom. The molecular formula is C24H20Cl2N4O. The SMILES string of the molecule is Cc1cccc(-c2nc(C(=O)Nc3cc(Cl)ccc3C)nn2-c2cc(Cl)ccc2C)c1. The third-order valence-corrected chi connectivity index (χ3v) is 5.40. The van der Waals surface area contributed by atoms with E-state index in [2.05, 4.69) is 15.4 Å². The molecule has 0 saturated carbocycles. The molecule has 4 rings (SSSR count). The zero-order valence-corrected chi connectivity index (χ0v) is 18.8. The third-order valence-electron chi connectivity index (χ3n) is 4.93. The summed E-state index contributed by atoms with van der Waals surface area (Å²) in [6.07, 6.45) is 0. The van der Waals surface area contributed by atoms with Gasteiger partial charge in [-0.15, -0.1) is 5.10 Å². The molecule has 0 aliphatic heterocycles. The Morgan fingerprint density at radius 3 is 2.35 bits per heavy atom. The van der Waals surface area contributed by atoms with Crippen LogP contribution < -0.4 is 5.32 Å². The van der Waals surface area contributed by atoms with Gasteiger partial charge in [0.2, 0.25) is 5.82 Å². The van der Waals surface area contributed by atoms with Crippen LogP contribution in [0.2, 0.25) is 10.0 Å². The van der Waals surface area contributed by atoms with Crippen LogP contribution in [0, 0.1) is 20.8 Å². The van der Waals surface area contributed by atoms with Crippen molar-refractivity contribution in [3.05, 3.63) is 93.2 Å². The molecule has 0 bridgehead atoms. The van der Waals surface area contributed by atoms with Gasteiger partial charge in [-0.2, -0.15) is 0 Å². The third kappa shape index (κ3) is 4.48. The molecule has 4 aromatic rings. The van der Waals surface area contributed by atoms with Crippen molar-refractivity contribution < 1.29 is 4.79 Å². The van der Waals surface area contributed by atoms with Crippen molar-refractivity contribution in [2.24, 2.45) is 0 Å². The first-order valence-electron chi connectivity index (χ1n) is 9.70. The number of carbonyl (C=O) groups is 1. The van der Waals surface area contributed by atoms with Crippen LogP contribution in [0.25, 0.3) is 17.1 Å². The van der Waals surface area contributed by atoms with Gasteiger partial charge in [-0.1, -0.05) is 59.1 Å². The summed E-state index contributed by atoms with van der Waals surface area (Å²) in [5, 5.41) is 8.51. The van der Waals surface area contributed by atoms with Crippen molar-refractivity contribution in [3.8, 4) is 17.1 Å². The minimum atomic E-state index is -0.419. The molecule has 0 atom stereocenters. The minimum absolute atomic E-state index is 0.0512. The van der Waals surface area contributed by atoms with E-state index >= 15 is 0 Å². The molecule has 1 aromatic heterocycles. The van der Waals surface area contributed by atoms with E-state index in [4.69, 9.17) is 23.2 Å². The fourth-order valence-electron chi connectivity index (χ4n) is 3.27. The molecule has 7 heteroatoms. The van der Waals surface area contributed by atoms with Gasteiger partial charge in [-0.25, -0.2) is 9.67 Å². The van der Waals surface area contributed by atoms with Gasteiger partial charge in [0, 0.05) is 21.3 Å². The lowest BCUT2D eigenvalue weighted by Gasteiger charge is -2.10. The number of benzene rings is 3. The van der Waals surface area contributed by atoms with Crippen molar-refractivity contribution >= 4 is 34.8 Å². The number of aromatic nitrogens is 3. The molecule has 0 saturated heterocycles. The van der Waals surface area contributed by atoms with E-state index in [-0.39, 0.29) is 5.82 Å². The summed E-state index contributed by atoms with van der Waals surface area (Å²) in [5.74, 6) is 0.190. The van der Waals surface area contributed by atoms with E-state index in [9.17, 15) is 4.79 Å². The molecule has 5 nitrogen and oxygen atoms in total. The fourth-order valence-corrected chi connectivity index (χ4v) is 3.60. The van der Waals surface area contributed by atoms with Gasteiger partial charge in [-0.3, -0.25) is 4.79 Å². The summed E-state index contributed by atoms with van der Waals surface area (Å²) >= 11 is 12.3. The highest BCUT2D eigenvalue weighted by Gasteiger charge is 2.20. The first-order chi connectivity index (χ1) is 14.8. The molecule has 1 N–H and O–H groups in total. The van der Waals surface area contributed by atoms with Crippen LogP contribution in [0.15, 0.2) is 60.7 Å². The zero-order valence-electron chi connectivity index (χ0n) is 17.3. The van der Waals surface area contributed by atoms with Crippen LogP contribution in [0.1, 0.15) is 27.3 Å². The number of rotatable bonds is 4. The molecule has 3 aromatic carbocycles. The van der Waals surface area contributed by atoms with Crippen LogP contribution in [-0.2, 0) is 0 Å². The molecular weight excluding hydrogens is 431 g/mol. The predicted molar refractivity (Wildman–Crippen MR) is 125 cm³/mol. The molecule has 156 valence electrons. The van der Waals surface area contributed by atoms with E-state index < -0.39 is 5.91 Å². The number of nitrogens with one attached hydrogen (secondary N) is 1. The van der Waals surface area contributed by atoms with Crippen molar-refractivity contribution in [3.63, 3.8) is 0 Å². The quantitative estimate of drug-likeness (QED) is 0.390. The second-order valence-electron chi connectivity index (χ2n) is 7.38. The molecule has 0 aliphatic rings. The number of amides is 1. The fraction of sp³-hybridized carbons (Fsp3) is 0.125. The van der Waals surface area contributed by atoms with Gasteiger partial charge in [0.15, 0.2) is 5.82 Å². The number of carbonyl (C=O) groups excluding carboxylic acids is 1. The van der Waals surface area contributed by atoms with Gasteiger partial charge in [-0.05, 0) is 62.2 Å². The Labute approximate surface area is 190 Å². The number of halogens is 2. The monoisotopic (exact) mass is 450 g/mol. The van der Waals surface area contributed by atoms with Crippen LogP contribution in [0.4, 0.5) is 5.69 Å². The average Bonchev–Trinajstić information content (AvgIpc) is 3.18. The second-order valence-corrected chi connectivity index (χ2v) is 8.26. The van der Waals surface area contributed by atoms with Crippen molar-refractivity contribution in [2.75, 3.05) is 5.32 Å². The summed E-state index contributed by atoms with van der Waals surface area (Å²) in [4.78, 5) is 17.6. The number of hydrogen-bond acceptors (Lipinski definition) is 3. The lowest BCUT2D eigenvalue weighted by atomic mass is 10.1.